The zero-order valence-corrected chi connectivity index (χ0v) is 54.7. The van der Waals surface area contributed by atoms with Gasteiger partial charge in [-0.05, 0) is 103 Å². The van der Waals surface area contributed by atoms with Gasteiger partial charge in [0.15, 0.2) is 12.4 Å². The summed E-state index contributed by atoms with van der Waals surface area (Å²) in [5.74, 6) is -1.20. The van der Waals surface area contributed by atoms with Gasteiger partial charge in [0.05, 0.1) is 25.4 Å². The minimum atomic E-state index is -1.62. The maximum atomic E-state index is 13.5. The van der Waals surface area contributed by atoms with Crippen LogP contribution >= 0.6 is 0 Å². The van der Waals surface area contributed by atoms with Gasteiger partial charge < -0.3 is 45.1 Å². The molecule has 0 spiro atoms. The van der Waals surface area contributed by atoms with Crippen molar-refractivity contribution in [3.63, 3.8) is 0 Å². The highest BCUT2D eigenvalue weighted by Gasteiger charge is 2.47. The van der Waals surface area contributed by atoms with Crippen molar-refractivity contribution < 1.29 is 49.3 Å². The number of esters is 1. The Morgan fingerprint density at radius 3 is 1.24 bits per heavy atom. The number of aliphatic hydroxyl groups excluding tert-OH is 5. The van der Waals surface area contributed by atoms with E-state index in [-0.39, 0.29) is 19.4 Å². The number of nitrogens with one attached hydrogen (secondary N) is 1. The molecule has 0 aromatic rings. The first-order valence-corrected chi connectivity index (χ1v) is 35.4. The monoisotopic (exact) mass is 1190 g/mol. The lowest BCUT2D eigenvalue weighted by Gasteiger charge is -2.41. The lowest BCUT2D eigenvalue weighted by Crippen LogP contribution is -2.61. The van der Waals surface area contributed by atoms with Gasteiger partial charge in [-0.2, -0.15) is 0 Å². The molecule has 1 rings (SSSR count). The average molecular weight is 1190 g/mol. The van der Waals surface area contributed by atoms with Gasteiger partial charge in [0.25, 0.3) is 0 Å². The van der Waals surface area contributed by atoms with E-state index in [2.05, 4.69) is 99.0 Å². The van der Waals surface area contributed by atoms with E-state index in [0.29, 0.717) is 12.8 Å². The summed E-state index contributed by atoms with van der Waals surface area (Å²) in [4.78, 5) is 26.7. The molecule has 0 aliphatic carbocycles. The smallest absolute Gasteiger partial charge is 0.306 e. The van der Waals surface area contributed by atoms with Crippen LogP contribution in [0.25, 0.3) is 0 Å². The topological polar surface area (TPSA) is 175 Å². The van der Waals surface area contributed by atoms with Gasteiger partial charge in [-0.3, -0.25) is 9.59 Å². The zero-order valence-electron chi connectivity index (χ0n) is 54.7. The Bertz CT molecular complexity index is 1710. The second kappa shape index (κ2) is 61.1. The lowest BCUT2D eigenvalue weighted by molar-refractivity contribution is -0.305. The van der Waals surface area contributed by atoms with Crippen LogP contribution in [-0.2, 0) is 23.8 Å². The molecule has 11 heteroatoms. The zero-order chi connectivity index (χ0) is 61.7. The largest absolute Gasteiger partial charge is 0.454 e. The summed E-state index contributed by atoms with van der Waals surface area (Å²) in [5.41, 5.74) is 0. The van der Waals surface area contributed by atoms with Gasteiger partial charge in [0.1, 0.15) is 24.4 Å². The first-order valence-electron chi connectivity index (χ1n) is 35.4. The summed E-state index contributed by atoms with van der Waals surface area (Å²) in [6.07, 6.45) is 70.5. The van der Waals surface area contributed by atoms with Crippen LogP contribution in [0, 0.1) is 0 Å². The second-order valence-corrected chi connectivity index (χ2v) is 24.3. The van der Waals surface area contributed by atoms with E-state index in [1.807, 2.05) is 6.08 Å². The SMILES string of the molecule is CCCCC/C=C\C/C=C\C/C=C\CCCCCCCCCCCCCCC(=O)OC1C(OCC(NC(=O)C(O)CCCCCCCCC/C=C\C/C=C\C/C=C\CCCCC)C(O)/C=C/CCCCCCCCCCC)OC(CO)C(O)C1O. The van der Waals surface area contributed by atoms with Crippen molar-refractivity contribution in [3.05, 3.63) is 85.1 Å². The average Bonchev–Trinajstić information content (AvgIpc) is 2.90. The minimum absolute atomic E-state index is 0.118. The van der Waals surface area contributed by atoms with Crippen molar-refractivity contribution in [1.82, 2.24) is 5.32 Å². The van der Waals surface area contributed by atoms with Gasteiger partial charge in [-0.25, -0.2) is 0 Å². The number of aliphatic hydroxyl groups is 5. The lowest BCUT2D eigenvalue weighted by atomic mass is 9.99. The fraction of sp³-hybridized carbons (Fsp3) is 0.784. The molecule has 0 saturated carbocycles. The van der Waals surface area contributed by atoms with Gasteiger partial charge in [0, 0.05) is 6.42 Å². The molecule has 11 nitrogen and oxygen atoms in total. The second-order valence-electron chi connectivity index (χ2n) is 24.3. The number of unbranched alkanes of at least 4 members (excludes halogenated alkanes) is 34. The van der Waals surface area contributed by atoms with Crippen molar-refractivity contribution in [1.29, 1.82) is 0 Å². The fourth-order valence-corrected chi connectivity index (χ4v) is 10.7. The normalized spacial score (nSPS) is 18.9. The number of carbonyl (C=O) groups is 2. The van der Waals surface area contributed by atoms with Gasteiger partial charge in [-0.15, -0.1) is 0 Å². The summed E-state index contributed by atoms with van der Waals surface area (Å²) in [7, 11) is 0. The third kappa shape index (κ3) is 48.4. The molecule has 1 saturated heterocycles. The van der Waals surface area contributed by atoms with Crippen LogP contribution in [-0.4, -0.2) is 99.6 Å². The molecule has 0 bridgehead atoms. The molecule has 8 atom stereocenters. The summed E-state index contributed by atoms with van der Waals surface area (Å²) >= 11 is 0. The molecule has 492 valence electrons. The minimum Gasteiger partial charge on any atom is -0.454 e. The van der Waals surface area contributed by atoms with Gasteiger partial charge in [0.2, 0.25) is 5.91 Å². The highest BCUT2D eigenvalue weighted by atomic mass is 16.7. The van der Waals surface area contributed by atoms with Crippen LogP contribution in [0.2, 0.25) is 0 Å². The Kier molecular flexibility index (Phi) is 57.4. The molecule has 1 aliphatic rings. The van der Waals surface area contributed by atoms with Crippen LogP contribution in [0.4, 0.5) is 0 Å². The number of ether oxygens (including phenoxy) is 3. The number of hydrogen-bond donors (Lipinski definition) is 6. The highest BCUT2D eigenvalue weighted by molar-refractivity contribution is 5.80. The van der Waals surface area contributed by atoms with Crippen molar-refractivity contribution in [2.24, 2.45) is 0 Å². The molecule has 0 aromatic heterocycles. The summed E-state index contributed by atoms with van der Waals surface area (Å²) in [5, 5.41) is 57.2. The Labute approximate surface area is 521 Å². The van der Waals surface area contributed by atoms with Gasteiger partial charge >= 0.3 is 5.97 Å². The third-order valence-electron chi connectivity index (χ3n) is 16.3. The van der Waals surface area contributed by atoms with Crippen LogP contribution in [0.5, 0.6) is 0 Å². The molecule has 85 heavy (non-hydrogen) atoms. The first-order chi connectivity index (χ1) is 41.7. The Hall–Kier alpha value is -3.16. The van der Waals surface area contributed by atoms with Crippen LogP contribution < -0.4 is 5.32 Å². The molecule has 8 unspecified atom stereocenters. The Morgan fingerprint density at radius 1 is 0.459 bits per heavy atom. The first kappa shape index (κ1) is 79.9. The van der Waals surface area contributed by atoms with Crippen LogP contribution in [0.1, 0.15) is 310 Å². The van der Waals surface area contributed by atoms with E-state index in [1.54, 1.807) is 6.08 Å². The molecular weight excluding hydrogens is 1060 g/mol. The Morgan fingerprint density at radius 2 is 0.812 bits per heavy atom. The van der Waals surface area contributed by atoms with E-state index >= 15 is 0 Å². The number of allylic oxidation sites excluding steroid dienone is 13. The predicted octanol–water partition coefficient (Wildman–Crippen LogP) is 18.1. The quantitative estimate of drug-likeness (QED) is 0.0195. The highest BCUT2D eigenvalue weighted by Crippen LogP contribution is 2.26. The maximum absolute atomic E-state index is 13.5. The molecule has 1 heterocycles. The van der Waals surface area contributed by atoms with Crippen molar-refractivity contribution in [3.8, 4) is 0 Å². The third-order valence-corrected chi connectivity index (χ3v) is 16.3. The number of carbonyl (C=O) groups excluding carboxylic acids is 2. The number of hydrogen-bond acceptors (Lipinski definition) is 10. The van der Waals surface area contributed by atoms with E-state index in [1.165, 1.54) is 167 Å². The number of amides is 1. The molecule has 6 N–H and O–H groups in total. The van der Waals surface area contributed by atoms with Crippen molar-refractivity contribution >= 4 is 11.9 Å². The van der Waals surface area contributed by atoms with Crippen molar-refractivity contribution in [2.45, 2.75) is 359 Å². The molecule has 0 aromatic carbocycles. The Balaban J connectivity index is 2.56. The molecular formula is C74H131NO10. The van der Waals surface area contributed by atoms with E-state index in [4.69, 9.17) is 14.2 Å². The molecule has 1 fully saturated rings. The standard InChI is InChI=1S/C74H131NO10/c1-4-7-10-13-16-19-22-24-26-28-30-32-33-34-35-36-38-40-42-44-47-50-53-56-59-62-69(79)85-72-71(81)70(80)68(63-76)84-74(72)83-64-65(66(77)60-57-54-51-48-45-21-18-15-12-9-6-3)75-73(82)67(78)61-58-55-52-49-46-43-41-39-37-31-29-27-25-23-20-17-14-11-8-5-2/h16-17,19-20,24-27,30-32,37,57,60,65-68,70-72,74,76-78,80-81H,4-15,18,21-23,28-29,33-36,38-56,58-59,61-64H2,1-3H3,(H,75,82)/b19-16-,20-17-,26-24-,27-25-,32-30-,37-31-,60-57+. The van der Waals surface area contributed by atoms with Crippen molar-refractivity contribution in [2.75, 3.05) is 13.2 Å². The summed E-state index contributed by atoms with van der Waals surface area (Å²) < 4.78 is 17.7. The van der Waals surface area contributed by atoms with E-state index in [9.17, 15) is 35.1 Å². The molecule has 0 radical (unpaired) electrons. The summed E-state index contributed by atoms with van der Waals surface area (Å²) in [6, 6.07) is -1.03. The van der Waals surface area contributed by atoms with Crippen LogP contribution in [0.15, 0.2) is 85.1 Å². The van der Waals surface area contributed by atoms with E-state index < -0.39 is 67.4 Å². The van der Waals surface area contributed by atoms with Crippen LogP contribution in [0.3, 0.4) is 0 Å². The molecule has 1 amide bonds. The summed E-state index contributed by atoms with van der Waals surface area (Å²) in [6.45, 7) is 5.75. The van der Waals surface area contributed by atoms with Gasteiger partial charge in [-0.1, -0.05) is 286 Å². The maximum Gasteiger partial charge on any atom is 0.306 e. The fourth-order valence-electron chi connectivity index (χ4n) is 10.7. The predicted molar refractivity (Wildman–Crippen MR) is 356 cm³/mol. The van der Waals surface area contributed by atoms with E-state index in [0.717, 1.165) is 96.3 Å². The molecule has 1 aliphatic heterocycles. The number of rotatable bonds is 60.